The number of phenolic OH excluding ortho intramolecular Hbond substituents is 6. The third-order valence-corrected chi connectivity index (χ3v) is 24.5. The van der Waals surface area contributed by atoms with E-state index in [9.17, 15) is 30.6 Å². The maximum atomic E-state index is 12.0. The maximum Gasteiger partial charge on any atom is 0.146 e. The first-order chi connectivity index (χ1) is 62.5. The van der Waals surface area contributed by atoms with Gasteiger partial charge in [0, 0.05) is 52.6 Å². The van der Waals surface area contributed by atoms with Gasteiger partial charge in [-0.25, -0.2) is 0 Å². The smallest absolute Gasteiger partial charge is 0.146 e. The molecule has 24 nitrogen and oxygen atoms in total. The normalized spacial score (nSPS) is 12.7. The van der Waals surface area contributed by atoms with Gasteiger partial charge in [0.05, 0.1) is 0 Å². The molecule has 0 bridgehead atoms. The summed E-state index contributed by atoms with van der Waals surface area (Å²) >= 11 is 0. The average Bonchev–Trinajstić information content (AvgIpc) is 1.41. The van der Waals surface area contributed by atoms with Crippen LogP contribution in [-0.4, -0.2) is 121 Å². The minimum absolute atomic E-state index is 0.0702. The van der Waals surface area contributed by atoms with Crippen molar-refractivity contribution in [3.05, 3.63) is 285 Å². The summed E-state index contributed by atoms with van der Waals surface area (Å²) in [7, 11) is 0. The van der Waals surface area contributed by atoms with Gasteiger partial charge in [0.25, 0.3) is 0 Å². The largest absolute Gasteiger partial charge is 0.505 e. The van der Waals surface area contributed by atoms with Gasteiger partial charge in [-0.3, -0.25) is 0 Å². The molecule has 0 radical (unpaired) electrons. The molecule has 0 aliphatic rings. The second-order valence-corrected chi connectivity index (χ2v) is 43.5. The highest BCUT2D eigenvalue weighted by Crippen LogP contribution is 2.48. The van der Waals surface area contributed by atoms with Crippen LogP contribution in [0.2, 0.25) is 0 Å². The van der Waals surface area contributed by atoms with E-state index in [0.29, 0.717) is 73.9 Å². The second-order valence-electron chi connectivity index (χ2n) is 43.5. The number of aryl methyl sites for hydroxylation is 2. The summed E-state index contributed by atoms with van der Waals surface area (Å²) in [5.74, 6) is 0.470. The molecular formula is C109H122N18O6. The summed E-state index contributed by atoms with van der Waals surface area (Å²) in [6.07, 6.45) is 4.54. The SMILES string of the molecule is CC(C)(C)CC(C)(C)c1cc(Cc2cc(C(C)(C)CC(C)(C)C)cc(-n3nc4ccccc4n3)c2O)c(O)c(-n2nc3ccccc3n2)c1.CC(C)(C)CC(C)(C)c1cc(Cc2cc(C(C)(C)CC(C)(C)C)cc(-n3nc4ccccc4n3)c2O)c(O)c(-n2nc3ccccc3n2)c1.Cc1cc(Cc2cc(C)cc(-n3nc4ccccc4n3)c2O)c(O)c(-n2nc3ccccc3n2)c1. The zero-order valence-corrected chi connectivity index (χ0v) is 80.5. The van der Waals surface area contributed by atoms with Crippen LogP contribution in [-0.2, 0) is 40.9 Å². The van der Waals surface area contributed by atoms with Crippen molar-refractivity contribution < 1.29 is 30.6 Å². The molecule has 0 aliphatic carbocycles. The van der Waals surface area contributed by atoms with E-state index in [2.05, 4.69) is 183 Å². The first kappa shape index (κ1) is 92.1. The molecule has 684 valence electrons. The van der Waals surface area contributed by atoms with Gasteiger partial charge in [0.2, 0.25) is 0 Å². The Balaban J connectivity index is 0.000000147. The molecular weight excluding hydrogens is 1660 g/mol. The standard InChI is InChI=1S/2C41H50N6O2.C27H22N6O2/c2*1-38(2,3)24-40(7,8)28-20-26(36(48)34(22-28)46-42-30-15-11-12-16-31(30)43-46)19-27-21-29(41(9,10)25-39(4,5)6)23-35(37(27)49)47-44-32-17-13-14-18-33(32)45-47;1-16-11-18(26(34)24(13-16)32-28-20-7-3-4-8-21(20)29-32)15-19-12-17(2)14-25(27(19)35)33-30-22-9-5-6-10-23(22)31-33/h2*11-18,20-23,48-49H,19,24-25H2,1-10H3;3-14,34-35H,15H2,1-2H3. The third-order valence-electron chi connectivity index (χ3n) is 24.5. The van der Waals surface area contributed by atoms with Crippen LogP contribution in [0.3, 0.4) is 0 Å². The van der Waals surface area contributed by atoms with Gasteiger partial charge in [-0.1, -0.05) is 248 Å². The summed E-state index contributed by atoms with van der Waals surface area (Å²) in [6.45, 7) is 48.8. The van der Waals surface area contributed by atoms with Crippen molar-refractivity contribution in [1.29, 1.82) is 0 Å². The van der Waals surface area contributed by atoms with Gasteiger partial charge in [0.1, 0.15) is 135 Å². The van der Waals surface area contributed by atoms with E-state index in [1.807, 2.05) is 208 Å². The van der Waals surface area contributed by atoms with Crippen LogP contribution in [0.15, 0.2) is 218 Å². The van der Waals surface area contributed by atoms with E-state index in [0.717, 1.165) is 125 Å². The first-order valence-corrected chi connectivity index (χ1v) is 45.6. The predicted molar refractivity (Wildman–Crippen MR) is 529 cm³/mol. The highest BCUT2D eigenvalue weighted by atomic mass is 16.3. The molecule has 0 saturated heterocycles. The molecule has 6 aromatic heterocycles. The lowest BCUT2D eigenvalue weighted by molar-refractivity contribution is 0.283. The highest BCUT2D eigenvalue weighted by Gasteiger charge is 2.36. The van der Waals surface area contributed by atoms with Crippen LogP contribution in [0.4, 0.5) is 0 Å². The fraction of sp³-hybridized carbons (Fsp3) is 0.339. The van der Waals surface area contributed by atoms with E-state index < -0.39 is 0 Å². The van der Waals surface area contributed by atoms with Crippen molar-refractivity contribution in [1.82, 2.24) is 90.0 Å². The van der Waals surface area contributed by atoms with E-state index >= 15 is 0 Å². The second kappa shape index (κ2) is 34.9. The lowest BCUT2D eigenvalue weighted by Gasteiger charge is -2.34. The molecule has 24 heteroatoms. The summed E-state index contributed by atoms with van der Waals surface area (Å²) < 4.78 is 0. The Kier molecular flexibility index (Phi) is 24.1. The van der Waals surface area contributed by atoms with Gasteiger partial charge < -0.3 is 30.6 Å². The zero-order chi connectivity index (χ0) is 95.1. The molecule has 0 fully saturated rings. The van der Waals surface area contributed by atoms with E-state index in [1.165, 1.54) is 28.8 Å². The summed E-state index contributed by atoms with van der Waals surface area (Å²) in [5.41, 5.74) is 21.5. The average molecular weight is 1780 g/mol. The summed E-state index contributed by atoms with van der Waals surface area (Å²) in [5, 5.41) is 126. The van der Waals surface area contributed by atoms with Crippen LogP contribution < -0.4 is 0 Å². The van der Waals surface area contributed by atoms with Crippen molar-refractivity contribution in [2.45, 2.75) is 219 Å². The van der Waals surface area contributed by atoms with Gasteiger partial charge in [-0.15, -0.1) is 90.0 Å². The molecule has 18 rings (SSSR count). The first-order valence-electron chi connectivity index (χ1n) is 45.6. The minimum atomic E-state index is -0.231. The predicted octanol–water partition coefficient (Wildman–Crippen LogP) is 23.9. The number of rotatable bonds is 20. The Hall–Kier alpha value is -14.2. The molecule has 0 unspecified atom stereocenters. The van der Waals surface area contributed by atoms with Crippen molar-refractivity contribution in [3.63, 3.8) is 0 Å². The molecule has 0 saturated carbocycles. The molecule has 0 spiro atoms. The van der Waals surface area contributed by atoms with Crippen LogP contribution >= 0.6 is 0 Å². The van der Waals surface area contributed by atoms with Crippen LogP contribution in [0, 0.1) is 35.5 Å². The maximum absolute atomic E-state index is 12.0. The molecule has 133 heavy (non-hydrogen) atoms. The third kappa shape index (κ3) is 20.2. The molecule has 6 N–H and O–H groups in total. The number of benzene rings is 12. The van der Waals surface area contributed by atoms with Gasteiger partial charge in [0.15, 0.2) is 0 Å². The Morgan fingerprint density at radius 1 is 0.195 bits per heavy atom. The topological polar surface area (TPSA) is 306 Å². The Bertz CT molecular complexity index is 6490. The number of aromatic hydroxyl groups is 6. The lowest BCUT2D eigenvalue weighted by Crippen LogP contribution is -2.25. The molecule has 12 aromatic carbocycles. The number of hydrogen-bond donors (Lipinski definition) is 6. The Labute approximate surface area is 776 Å². The molecule has 0 aliphatic heterocycles. The Morgan fingerprint density at radius 2 is 0.331 bits per heavy atom. The quantitative estimate of drug-likeness (QED) is 0.0413. The highest BCUT2D eigenvalue weighted by molar-refractivity contribution is 5.79. The van der Waals surface area contributed by atoms with Crippen molar-refractivity contribution in [2.24, 2.45) is 21.7 Å². The van der Waals surface area contributed by atoms with Gasteiger partial charge in [-0.05, 0) is 225 Å². The number of hydrogen-bond acceptors (Lipinski definition) is 18. The number of aromatic nitrogens is 18. The monoisotopic (exact) mass is 1780 g/mol. The van der Waals surface area contributed by atoms with Crippen LogP contribution in [0.25, 0.3) is 100 Å². The number of fused-ring (bicyclic) bond motifs is 6. The Morgan fingerprint density at radius 3 is 0.474 bits per heavy atom. The minimum Gasteiger partial charge on any atom is -0.505 e. The van der Waals surface area contributed by atoms with E-state index in [-0.39, 0.29) is 90.7 Å². The molecule has 6 heterocycles. The number of phenols is 6. The number of nitrogens with zero attached hydrogens (tertiary/aromatic N) is 18. The van der Waals surface area contributed by atoms with Crippen LogP contribution in [0.5, 0.6) is 34.5 Å². The summed E-state index contributed by atoms with van der Waals surface area (Å²) in [4.78, 5) is 9.05. The van der Waals surface area contributed by atoms with Gasteiger partial charge in [-0.2, -0.15) is 0 Å². The molecule has 18 aromatic rings. The van der Waals surface area contributed by atoms with Crippen LogP contribution in [0.1, 0.15) is 231 Å². The van der Waals surface area contributed by atoms with Crippen molar-refractivity contribution >= 4 is 66.2 Å². The fourth-order valence-electron chi connectivity index (χ4n) is 19.8. The molecule has 0 atom stereocenters. The van der Waals surface area contributed by atoms with Gasteiger partial charge >= 0.3 is 0 Å². The summed E-state index contributed by atoms with van der Waals surface area (Å²) in [6, 6.07) is 69.8. The van der Waals surface area contributed by atoms with Crippen molar-refractivity contribution in [3.8, 4) is 68.6 Å². The fourth-order valence-corrected chi connectivity index (χ4v) is 19.8. The lowest BCUT2D eigenvalue weighted by atomic mass is 9.71. The van der Waals surface area contributed by atoms with Crippen molar-refractivity contribution in [2.75, 3.05) is 0 Å². The zero-order valence-electron chi connectivity index (χ0n) is 80.5. The van der Waals surface area contributed by atoms with E-state index in [1.54, 1.807) is 0 Å². The molecule has 0 amide bonds. The van der Waals surface area contributed by atoms with E-state index in [4.69, 9.17) is 40.8 Å².